The monoisotopic (exact) mass is 379 g/mol. The van der Waals surface area contributed by atoms with Crippen LogP contribution in [0.2, 0.25) is 0 Å². The summed E-state index contributed by atoms with van der Waals surface area (Å²) in [6.07, 6.45) is -4.46. The zero-order valence-corrected chi connectivity index (χ0v) is 15.0. The van der Waals surface area contributed by atoms with Crippen molar-refractivity contribution in [1.29, 1.82) is 0 Å². The van der Waals surface area contributed by atoms with Gasteiger partial charge in [-0.25, -0.2) is 9.59 Å². The fourth-order valence-corrected chi connectivity index (χ4v) is 3.27. The lowest BCUT2D eigenvalue weighted by Crippen LogP contribution is -2.68. The van der Waals surface area contributed by atoms with Crippen molar-refractivity contribution < 1.29 is 33.6 Å². The van der Waals surface area contributed by atoms with Gasteiger partial charge in [-0.15, -0.1) is 0 Å². The molecule has 9 nitrogen and oxygen atoms in total. The van der Waals surface area contributed by atoms with Gasteiger partial charge in [0.2, 0.25) is 6.29 Å². The van der Waals surface area contributed by atoms with Gasteiger partial charge in [0.25, 0.3) is 0 Å². The Morgan fingerprint density at radius 1 is 1.26 bits per heavy atom. The number of aliphatic hydroxyl groups excluding tert-OH is 1. The first-order valence-electron chi connectivity index (χ1n) is 8.30. The first-order valence-corrected chi connectivity index (χ1v) is 8.30. The first kappa shape index (κ1) is 19.2. The molecule has 0 unspecified atom stereocenters. The Morgan fingerprint density at radius 3 is 2.63 bits per heavy atom. The third-order valence-corrected chi connectivity index (χ3v) is 4.47. The molecule has 0 spiro atoms. The van der Waals surface area contributed by atoms with Gasteiger partial charge in [0.05, 0.1) is 5.60 Å². The molecule has 1 fully saturated rings. The molecule has 1 aliphatic rings. The Kier molecular flexibility index (Phi) is 5.09. The van der Waals surface area contributed by atoms with Gasteiger partial charge in [-0.05, 0) is 32.0 Å². The van der Waals surface area contributed by atoms with Crippen molar-refractivity contribution in [2.45, 2.75) is 44.0 Å². The SMILES string of the molecule is CO[C@@H]1[C@H](O)[C@@H](NC(=O)O)[C@H](Oc2ccc3ccc(=O)oc3c2)OC1(C)C. The molecule has 1 aromatic heterocycles. The summed E-state index contributed by atoms with van der Waals surface area (Å²) in [6.45, 7) is 3.41. The van der Waals surface area contributed by atoms with Crippen LogP contribution in [0, 0.1) is 0 Å². The van der Waals surface area contributed by atoms with Crippen LogP contribution in [0.25, 0.3) is 11.0 Å². The lowest BCUT2D eigenvalue weighted by atomic mass is 9.88. The van der Waals surface area contributed by atoms with Crippen LogP contribution in [-0.4, -0.2) is 53.6 Å². The molecule has 3 N–H and O–H groups in total. The number of benzene rings is 1. The molecule has 2 heterocycles. The average Bonchev–Trinajstić information content (AvgIpc) is 2.57. The number of ether oxygens (including phenoxy) is 3. The second-order valence-electron chi connectivity index (χ2n) is 6.78. The molecule has 0 radical (unpaired) electrons. The number of hydrogen-bond donors (Lipinski definition) is 3. The Bertz CT molecular complexity index is 892. The Balaban J connectivity index is 1.92. The third-order valence-electron chi connectivity index (χ3n) is 4.47. The zero-order chi connectivity index (χ0) is 19.8. The van der Waals surface area contributed by atoms with E-state index in [-0.39, 0.29) is 5.75 Å². The van der Waals surface area contributed by atoms with Crippen molar-refractivity contribution in [1.82, 2.24) is 5.32 Å². The van der Waals surface area contributed by atoms with E-state index in [9.17, 15) is 14.7 Å². The summed E-state index contributed by atoms with van der Waals surface area (Å²) >= 11 is 0. The minimum atomic E-state index is -1.34. The summed E-state index contributed by atoms with van der Waals surface area (Å²) in [5, 5.41) is 22.6. The summed E-state index contributed by atoms with van der Waals surface area (Å²) in [6, 6.07) is 6.65. The molecule has 1 amide bonds. The van der Waals surface area contributed by atoms with Crippen LogP contribution < -0.4 is 15.7 Å². The van der Waals surface area contributed by atoms with Crippen LogP contribution in [0.1, 0.15) is 13.8 Å². The van der Waals surface area contributed by atoms with Gasteiger partial charge in [0.1, 0.15) is 29.6 Å². The number of methoxy groups -OCH3 is 1. The van der Waals surface area contributed by atoms with E-state index in [1.165, 1.54) is 19.2 Å². The number of hydrogen-bond acceptors (Lipinski definition) is 7. The highest BCUT2D eigenvalue weighted by Crippen LogP contribution is 2.33. The maximum absolute atomic E-state index is 11.4. The summed E-state index contributed by atoms with van der Waals surface area (Å²) in [5.41, 5.74) is -1.13. The van der Waals surface area contributed by atoms with Crippen LogP contribution in [0.15, 0.2) is 39.5 Å². The van der Waals surface area contributed by atoms with Crippen molar-refractivity contribution >= 4 is 17.1 Å². The quantitative estimate of drug-likeness (QED) is 0.679. The molecule has 0 bridgehead atoms. The summed E-state index contributed by atoms with van der Waals surface area (Å²) in [5.74, 6) is 0.290. The molecule has 27 heavy (non-hydrogen) atoms. The Morgan fingerprint density at radius 2 is 1.96 bits per heavy atom. The van der Waals surface area contributed by atoms with Crippen molar-refractivity contribution in [3.63, 3.8) is 0 Å². The van der Waals surface area contributed by atoms with Gasteiger partial charge in [-0.2, -0.15) is 0 Å². The molecule has 3 rings (SSSR count). The third kappa shape index (κ3) is 3.90. The maximum atomic E-state index is 11.4. The van der Waals surface area contributed by atoms with Gasteiger partial charge in [-0.1, -0.05) is 0 Å². The second-order valence-corrected chi connectivity index (χ2v) is 6.78. The lowest BCUT2D eigenvalue weighted by molar-refractivity contribution is -0.276. The van der Waals surface area contributed by atoms with E-state index in [2.05, 4.69) is 5.32 Å². The highest BCUT2D eigenvalue weighted by molar-refractivity contribution is 5.77. The summed E-state index contributed by atoms with van der Waals surface area (Å²) in [4.78, 5) is 22.6. The normalized spacial score (nSPS) is 27.3. The van der Waals surface area contributed by atoms with Crippen LogP contribution in [0.3, 0.4) is 0 Å². The smallest absolute Gasteiger partial charge is 0.405 e. The van der Waals surface area contributed by atoms with Gasteiger partial charge < -0.3 is 34.2 Å². The minimum absolute atomic E-state index is 0.290. The Hall–Kier alpha value is -2.62. The molecule has 9 heteroatoms. The van der Waals surface area contributed by atoms with Crippen LogP contribution >= 0.6 is 0 Å². The van der Waals surface area contributed by atoms with Crippen LogP contribution in [0.5, 0.6) is 5.75 Å². The highest BCUT2D eigenvalue weighted by Gasteiger charge is 2.51. The van der Waals surface area contributed by atoms with E-state index in [0.29, 0.717) is 11.0 Å². The van der Waals surface area contributed by atoms with Gasteiger partial charge in [-0.3, -0.25) is 0 Å². The molecule has 146 valence electrons. The number of nitrogens with one attached hydrogen (secondary N) is 1. The Labute approximate surface area is 154 Å². The maximum Gasteiger partial charge on any atom is 0.405 e. The predicted octanol–water partition coefficient (Wildman–Crippen LogP) is 1.32. The van der Waals surface area contributed by atoms with E-state index < -0.39 is 41.9 Å². The summed E-state index contributed by atoms with van der Waals surface area (Å²) < 4.78 is 22.1. The molecule has 2 aromatic rings. The van der Waals surface area contributed by atoms with E-state index in [0.717, 1.165) is 0 Å². The number of rotatable bonds is 4. The van der Waals surface area contributed by atoms with Crippen molar-refractivity contribution in [2.24, 2.45) is 0 Å². The standard InChI is InChI=1S/C18H21NO8/c1-18(2)15(24-3)14(21)13(19-17(22)23)16(27-18)25-10-6-4-9-5-7-12(20)26-11(9)8-10/h4-8,13-16,19,21H,1-3H3,(H,22,23)/t13-,14-,15-,16-/m1/s1. The number of fused-ring (bicyclic) bond motifs is 1. The van der Waals surface area contributed by atoms with Gasteiger partial charge in [0, 0.05) is 24.6 Å². The average molecular weight is 379 g/mol. The second kappa shape index (κ2) is 7.18. The van der Waals surface area contributed by atoms with Crippen LogP contribution in [0.4, 0.5) is 4.79 Å². The number of carbonyl (C=O) groups is 1. The first-order chi connectivity index (χ1) is 12.7. The zero-order valence-electron chi connectivity index (χ0n) is 15.0. The van der Waals surface area contributed by atoms with Gasteiger partial charge >= 0.3 is 11.7 Å². The topological polar surface area (TPSA) is 127 Å². The molecule has 0 saturated carbocycles. The van der Waals surface area contributed by atoms with Crippen molar-refractivity contribution in [3.05, 3.63) is 40.8 Å². The molecule has 1 saturated heterocycles. The van der Waals surface area contributed by atoms with E-state index >= 15 is 0 Å². The van der Waals surface area contributed by atoms with E-state index in [1.54, 1.807) is 32.0 Å². The molecule has 1 aliphatic heterocycles. The molecule has 4 atom stereocenters. The fourth-order valence-electron chi connectivity index (χ4n) is 3.27. The van der Waals surface area contributed by atoms with E-state index in [1.807, 2.05) is 0 Å². The number of aliphatic hydroxyl groups is 1. The minimum Gasteiger partial charge on any atom is -0.465 e. The predicted molar refractivity (Wildman–Crippen MR) is 93.8 cm³/mol. The van der Waals surface area contributed by atoms with Crippen LogP contribution in [-0.2, 0) is 9.47 Å². The fraction of sp³-hybridized carbons (Fsp3) is 0.444. The molecule has 0 aliphatic carbocycles. The molecular formula is C18H21NO8. The lowest BCUT2D eigenvalue weighted by Gasteiger charge is -2.47. The van der Waals surface area contributed by atoms with Crippen molar-refractivity contribution in [2.75, 3.05) is 7.11 Å². The summed E-state index contributed by atoms with van der Waals surface area (Å²) in [7, 11) is 1.41. The molecular weight excluding hydrogens is 358 g/mol. The number of carboxylic acid groups (broad SMARTS) is 1. The number of amides is 1. The molecule has 1 aromatic carbocycles. The largest absolute Gasteiger partial charge is 0.465 e. The van der Waals surface area contributed by atoms with Gasteiger partial charge in [0.15, 0.2) is 0 Å². The highest BCUT2D eigenvalue weighted by atomic mass is 16.7. The van der Waals surface area contributed by atoms with Crippen molar-refractivity contribution in [3.8, 4) is 5.75 Å². The van der Waals surface area contributed by atoms with E-state index in [4.69, 9.17) is 23.7 Å².